The number of aliphatic carboxylic acids is 1. The largest absolute Gasteiger partial charge is 0.480 e. The molecular formula is C8H6BrClFNO2. The second-order valence-corrected chi connectivity index (χ2v) is 3.81. The summed E-state index contributed by atoms with van der Waals surface area (Å²) in [5.41, 5.74) is 5.37. The van der Waals surface area contributed by atoms with Crippen LogP contribution >= 0.6 is 27.5 Å². The molecular weight excluding hydrogens is 276 g/mol. The number of halogens is 3. The van der Waals surface area contributed by atoms with Crippen LogP contribution in [0.25, 0.3) is 0 Å². The minimum absolute atomic E-state index is 0.0409. The third kappa shape index (κ3) is 2.05. The Morgan fingerprint density at radius 3 is 2.71 bits per heavy atom. The first-order chi connectivity index (χ1) is 6.45. The van der Waals surface area contributed by atoms with E-state index in [1.54, 1.807) is 0 Å². The molecule has 1 unspecified atom stereocenters. The Morgan fingerprint density at radius 1 is 1.64 bits per heavy atom. The third-order valence-electron chi connectivity index (χ3n) is 1.66. The summed E-state index contributed by atoms with van der Waals surface area (Å²) in [7, 11) is 0. The summed E-state index contributed by atoms with van der Waals surface area (Å²) in [6.07, 6.45) is 0. The molecule has 76 valence electrons. The van der Waals surface area contributed by atoms with Gasteiger partial charge in [-0.1, -0.05) is 27.5 Å². The predicted molar refractivity (Wildman–Crippen MR) is 53.7 cm³/mol. The van der Waals surface area contributed by atoms with Gasteiger partial charge in [0.2, 0.25) is 0 Å². The van der Waals surface area contributed by atoms with Crippen molar-refractivity contribution in [2.24, 2.45) is 5.73 Å². The van der Waals surface area contributed by atoms with Crippen molar-refractivity contribution in [1.82, 2.24) is 0 Å². The molecule has 3 N–H and O–H groups in total. The summed E-state index contributed by atoms with van der Waals surface area (Å²) in [4.78, 5) is 10.6. The average Bonchev–Trinajstić information content (AvgIpc) is 2.12. The van der Waals surface area contributed by atoms with E-state index < -0.39 is 17.8 Å². The molecule has 1 atom stereocenters. The van der Waals surface area contributed by atoms with E-state index in [1.807, 2.05) is 0 Å². The zero-order chi connectivity index (χ0) is 10.9. The van der Waals surface area contributed by atoms with E-state index in [0.29, 0.717) is 4.47 Å². The molecule has 1 aromatic carbocycles. The van der Waals surface area contributed by atoms with Crippen LogP contribution in [0.15, 0.2) is 16.6 Å². The summed E-state index contributed by atoms with van der Waals surface area (Å²) in [6, 6.07) is 1.15. The number of carboxylic acid groups (broad SMARTS) is 1. The van der Waals surface area contributed by atoms with E-state index in [4.69, 9.17) is 22.4 Å². The monoisotopic (exact) mass is 281 g/mol. The van der Waals surface area contributed by atoms with Gasteiger partial charge in [-0.2, -0.15) is 0 Å². The molecule has 14 heavy (non-hydrogen) atoms. The van der Waals surface area contributed by atoms with Crippen LogP contribution < -0.4 is 5.73 Å². The smallest absolute Gasteiger partial charge is 0.325 e. The van der Waals surface area contributed by atoms with Gasteiger partial charge < -0.3 is 10.8 Å². The lowest BCUT2D eigenvalue weighted by atomic mass is 10.1. The van der Waals surface area contributed by atoms with E-state index in [2.05, 4.69) is 15.9 Å². The fraction of sp³-hybridized carbons (Fsp3) is 0.125. The molecule has 0 heterocycles. The Labute approximate surface area is 92.8 Å². The van der Waals surface area contributed by atoms with Gasteiger partial charge in [-0.05, 0) is 12.1 Å². The third-order valence-corrected chi connectivity index (χ3v) is 2.73. The number of rotatable bonds is 2. The molecule has 1 aromatic rings. The second-order valence-electron chi connectivity index (χ2n) is 2.57. The lowest BCUT2D eigenvalue weighted by molar-refractivity contribution is -0.138. The van der Waals surface area contributed by atoms with Gasteiger partial charge in [0.25, 0.3) is 0 Å². The molecule has 0 bridgehead atoms. The number of hydrogen-bond donors (Lipinski definition) is 2. The van der Waals surface area contributed by atoms with E-state index in [0.717, 1.165) is 6.07 Å². The van der Waals surface area contributed by atoms with Crippen molar-refractivity contribution in [1.29, 1.82) is 0 Å². The Balaban J connectivity index is 3.32. The maximum absolute atomic E-state index is 13.0. The highest BCUT2D eigenvalue weighted by atomic mass is 79.9. The first-order valence-electron chi connectivity index (χ1n) is 3.57. The van der Waals surface area contributed by atoms with Crippen molar-refractivity contribution >= 4 is 33.5 Å². The number of hydrogen-bond acceptors (Lipinski definition) is 2. The molecule has 0 amide bonds. The summed E-state index contributed by atoms with van der Waals surface area (Å²) in [6.45, 7) is 0. The van der Waals surface area contributed by atoms with E-state index in [1.165, 1.54) is 6.07 Å². The highest BCUT2D eigenvalue weighted by Gasteiger charge is 2.22. The fourth-order valence-electron chi connectivity index (χ4n) is 0.951. The fourth-order valence-corrected chi connectivity index (χ4v) is 1.92. The lowest BCUT2D eigenvalue weighted by Gasteiger charge is -2.11. The predicted octanol–water partition coefficient (Wildman–Crippen LogP) is 2.33. The van der Waals surface area contributed by atoms with Gasteiger partial charge in [0, 0.05) is 10.0 Å². The van der Waals surface area contributed by atoms with Crippen LogP contribution in [0.2, 0.25) is 5.02 Å². The molecule has 0 saturated carbocycles. The maximum Gasteiger partial charge on any atom is 0.325 e. The van der Waals surface area contributed by atoms with Crippen molar-refractivity contribution in [2.75, 3.05) is 0 Å². The summed E-state index contributed by atoms with van der Waals surface area (Å²) < 4.78 is 13.4. The molecule has 0 saturated heterocycles. The minimum Gasteiger partial charge on any atom is -0.480 e. The highest BCUT2D eigenvalue weighted by Crippen LogP contribution is 2.31. The lowest BCUT2D eigenvalue weighted by Crippen LogP contribution is -2.21. The van der Waals surface area contributed by atoms with Crippen LogP contribution in [0, 0.1) is 5.82 Å². The maximum atomic E-state index is 13.0. The molecule has 1 rings (SSSR count). The Morgan fingerprint density at radius 2 is 2.21 bits per heavy atom. The Hall–Kier alpha value is -0.650. The number of benzene rings is 1. The van der Waals surface area contributed by atoms with Crippen LogP contribution in [0.1, 0.15) is 11.6 Å². The van der Waals surface area contributed by atoms with Crippen LogP contribution in [0.4, 0.5) is 4.39 Å². The van der Waals surface area contributed by atoms with Gasteiger partial charge in [0.15, 0.2) is 0 Å². The minimum atomic E-state index is -1.34. The van der Waals surface area contributed by atoms with Crippen molar-refractivity contribution < 1.29 is 14.3 Å². The molecule has 0 aliphatic rings. The number of carbonyl (C=O) groups is 1. The van der Waals surface area contributed by atoms with Gasteiger partial charge in [-0.25, -0.2) is 4.39 Å². The van der Waals surface area contributed by atoms with Crippen LogP contribution in [0.5, 0.6) is 0 Å². The molecule has 0 aliphatic heterocycles. The molecule has 0 aromatic heterocycles. The zero-order valence-corrected chi connectivity index (χ0v) is 9.14. The second kappa shape index (κ2) is 4.25. The van der Waals surface area contributed by atoms with Gasteiger partial charge >= 0.3 is 5.97 Å². The molecule has 0 spiro atoms. The van der Waals surface area contributed by atoms with E-state index in [-0.39, 0.29) is 10.6 Å². The topological polar surface area (TPSA) is 63.3 Å². The van der Waals surface area contributed by atoms with Gasteiger partial charge in [-0.3, -0.25) is 4.79 Å². The van der Waals surface area contributed by atoms with Crippen molar-refractivity contribution in [3.8, 4) is 0 Å². The molecule has 0 aliphatic carbocycles. The number of nitrogens with two attached hydrogens (primary N) is 1. The van der Waals surface area contributed by atoms with Crippen LogP contribution in [-0.4, -0.2) is 11.1 Å². The van der Waals surface area contributed by atoms with Gasteiger partial charge in [0.1, 0.15) is 11.9 Å². The van der Waals surface area contributed by atoms with Gasteiger partial charge in [-0.15, -0.1) is 0 Å². The highest BCUT2D eigenvalue weighted by molar-refractivity contribution is 9.10. The molecule has 0 fully saturated rings. The Kier molecular flexibility index (Phi) is 3.47. The Bertz CT molecular complexity index is 386. The van der Waals surface area contributed by atoms with Crippen LogP contribution in [0.3, 0.4) is 0 Å². The quantitative estimate of drug-likeness (QED) is 0.818. The molecule has 6 heteroatoms. The van der Waals surface area contributed by atoms with Crippen molar-refractivity contribution in [3.63, 3.8) is 0 Å². The summed E-state index contributed by atoms with van der Waals surface area (Å²) in [5, 5.41) is 8.38. The summed E-state index contributed by atoms with van der Waals surface area (Å²) in [5.74, 6) is -1.96. The van der Waals surface area contributed by atoms with Gasteiger partial charge in [0.05, 0.1) is 5.02 Å². The first-order valence-corrected chi connectivity index (χ1v) is 4.74. The molecule has 0 radical (unpaired) electrons. The van der Waals surface area contributed by atoms with Crippen LogP contribution in [-0.2, 0) is 4.79 Å². The van der Waals surface area contributed by atoms with Crippen molar-refractivity contribution in [3.05, 3.63) is 33.0 Å². The standard InChI is InChI=1S/C8H6BrClFNO2/c9-3-1-2-4(11)6(10)5(3)7(12)8(13)14/h1-2,7H,12H2,(H,13,14). The average molecular weight is 282 g/mol. The zero-order valence-electron chi connectivity index (χ0n) is 6.80. The number of carboxylic acids is 1. The van der Waals surface area contributed by atoms with E-state index >= 15 is 0 Å². The van der Waals surface area contributed by atoms with E-state index in [9.17, 15) is 9.18 Å². The normalized spacial score (nSPS) is 12.6. The van der Waals surface area contributed by atoms with Crippen molar-refractivity contribution in [2.45, 2.75) is 6.04 Å². The molecule has 3 nitrogen and oxygen atoms in total. The first kappa shape index (κ1) is 11.4. The summed E-state index contributed by atoms with van der Waals surface area (Å²) >= 11 is 8.64. The SMILES string of the molecule is NC(C(=O)O)c1c(Br)ccc(F)c1Cl.